The van der Waals surface area contributed by atoms with Crippen molar-refractivity contribution in [1.82, 2.24) is 9.78 Å². The first-order chi connectivity index (χ1) is 10.1. The number of halogens is 1. The van der Waals surface area contributed by atoms with Gasteiger partial charge in [0.05, 0.1) is 17.8 Å². The highest BCUT2D eigenvalue weighted by atomic mass is 19.1. The molecule has 0 unspecified atom stereocenters. The van der Waals surface area contributed by atoms with Gasteiger partial charge in [0.1, 0.15) is 5.82 Å². The van der Waals surface area contributed by atoms with Gasteiger partial charge in [-0.1, -0.05) is 12.8 Å². The smallest absolute Gasteiger partial charge is 0.336 e. The van der Waals surface area contributed by atoms with Gasteiger partial charge >= 0.3 is 5.97 Å². The molecule has 1 aliphatic carbocycles. The summed E-state index contributed by atoms with van der Waals surface area (Å²) in [7, 11) is 0. The maximum atomic E-state index is 13.8. The predicted octanol–water partition coefficient (Wildman–Crippen LogP) is 3.81. The zero-order chi connectivity index (χ0) is 15.0. The van der Waals surface area contributed by atoms with E-state index >= 15 is 0 Å². The van der Waals surface area contributed by atoms with Gasteiger partial charge in [0.2, 0.25) is 0 Å². The van der Waals surface area contributed by atoms with E-state index < -0.39 is 11.8 Å². The van der Waals surface area contributed by atoms with E-state index in [1.165, 1.54) is 25.0 Å². The molecular formula is C16H17FN2O2. The van der Waals surface area contributed by atoms with Crippen molar-refractivity contribution >= 4 is 5.97 Å². The molecule has 1 N–H and O–H groups in total. The number of aromatic nitrogens is 2. The molecule has 0 spiro atoms. The van der Waals surface area contributed by atoms with Crippen LogP contribution in [0.3, 0.4) is 0 Å². The molecule has 0 atom stereocenters. The van der Waals surface area contributed by atoms with Crippen LogP contribution in [0.15, 0.2) is 24.5 Å². The second-order valence-corrected chi connectivity index (χ2v) is 5.60. The Hall–Kier alpha value is -2.17. The number of carbonyl (C=O) groups is 1. The van der Waals surface area contributed by atoms with Gasteiger partial charge in [-0.3, -0.25) is 4.68 Å². The van der Waals surface area contributed by atoms with Crippen molar-refractivity contribution in [2.45, 2.75) is 38.6 Å². The Balaban J connectivity index is 2.03. The molecule has 0 aliphatic heterocycles. The van der Waals surface area contributed by atoms with Crippen LogP contribution in [-0.2, 0) is 0 Å². The Morgan fingerprint density at radius 3 is 2.76 bits per heavy atom. The van der Waals surface area contributed by atoms with Gasteiger partial charge < -0.3 is 5.11 Å². The molecule has 110 valence electrons. The number of nitrogens with zero attached hydrogens (tertiary/aromatic N) is 2. The number of aromatic carboxylic acids is 1. The van der Waals surface area contributed by atoms with Gasteiger partial charge in [-0.05, 0) is 37.5 Å². The fourth-order valence-electron chi connectivity index (χ4n) is 2.94. The predicted molar refractivity (Wildman–Crippen MR) is 76.8 cm³/mol. The number of hydrogen-bond donors (Lipinski definition) is 1. The summed E-state index contributed by atoms with van der Waals surface area (Å²) in [6.07, 6.45) is 8.02. The summed E-state index contributed by atoms with van der Waals surface area (Å²) in [6.45, 7) is 1.56. The zero-order valence-corrected chi connectivity index (χ0v) is 11.8. The van der Waals surface area contributed by atoms with Crippen LogP contribution in [0, 0.1) is 12.7 Å². The number of rotatable bonds is 3. The minimum absolute atomic E-state index is 0.111. The molecule has 1 fully saturated rings. The lowest BCUT2D eigenvalue weighted by molar-refractivity contribution is 0.0697. The Labute approximate surface area is 122 Å². The van der Waals surface area contributed by atoms with Crippen LogP contribution in [0.4, 0.5) is 4.39 Å². The van der Waals surface area contributed by atoms with Crippen molar-refractivity contribution < 1.29 is 14.3 Å². The van der Waals surface area contributed by atoms with Gasteiger partial charge in [0.15, 0.2) is 0 Å². The first-order valence-electron chi connectivity index (χ1n) is 7.14. The zero-order valence-electron chi connectivity index (χ0n) is 11.8. The van der Waals surface area contributed by atoms with Gasteiger partial charge in [0.25, 0.3) is 0 Å². The third-order valence-electron chi connectivity index (χ3n) is 4.14. The number of carboxylic acid groups (broad SMARTS) is 1. The van der Waals surface area contributed by atoms with Crippen LogP contribution in [0.2, 0.25) is 0 Å². The topological polar surface area (TPSA) is 55.1 Å². The standard InChI is InChI=1S/C16H17FN2O2/c1-10-6-14(16(20)21)13(7-15(10)17)11-8-18-19(9-11)12-4-2-3-5-12/h6-9,12H,2-5H2,1H3,(H,20,21). The van der Waals surface area contributed by atoms with Crippen LogP contribution < -0.4 is 0 Å². The van der Waals surface area contributed by atoms with E-state index in [1.807, 2.05) is 10.9 Å². The molecule has 1 aromatic carbocycles. The number of hydrogen-bond acceptors (Lipinski definition) is 2. The Kier molecular flexibility index (Phi) is 3.49. The first-order valence-corrected chi connectivity index (χ1v) is 7.14. The van der Waals surface area contributed by atoms with Crippen molar-refractivity contribution in [3.05, 3.63) is 41.5 Å². The second-order valence-electron chi connectivity index (χ2n) is 5.60. The highest BCUT2D eigenvalue weighted by molar-refractivity contribution is 5.96. The third kappa shape index (κ3) is 2.55. The monoisotopic (exact) mass is 288 g/mol. The largest absolute Gasteiger partial charge is 0.478 e. The van der Waals surface area contributed by atoms with E-state index in [0.717, 1.165) is 12.8 Å². The van der Waals surface area contributed by atoms with E-state index in [1.54, 1.807) is 13.1 Å². The van der Waals surface area contributed by atoms with Crippen LogP contribution >= 0.6 is 0 Å². The maximum absolute atomic E-state index is 13.8. The lowest BCUT2D eigenvalue weighted by atomic mass is 9.99. The van der Waals surface area contributed by atoms with E-state index in [0.29, 0.717) is 22.7 Å². The SMILES string of the molecule is Cc1cc(C(=O)O)c(-c2cnn(C3CCCC3)c2)cc1F. The molecule has 0 bridgehead atoms. The molecule has 1 aliphatic rings. The third-order valence-corrected chi connectivity index (χ3v) is 4.14. The Bertz CT molecular complexity index is 688. The maximum Gasteiger partial charge on any atom is 0.336 e. The van der Waals surface area contributed by atoms with Crippen molar-refractivity contribution in [3.8, 4) is 11.1 Å². The van der Waals surface area contributed by atoms with Gasteiger partial charge in [-0.2, -0.15) is 5.10 Å². The highest BCUT2D eigenvalue weighted by Crippen LogP contribution is 2.32. The average Bonchev–Trinajstić information content (AvgIpc) is 3.10. The van der Waals surface area contributed by atoms with E-state index in [9.17, 15) is 14.3 Å². The Morgan fingerprint density at radius 2 is 2.10 bits per heavy atom. The molecule has 3 rings (SSSR count). The molecule has 5 heteroatoms. The lowest BCUT2D eigenvalue weighted by Crippen LogP contribution is -2.04. The molecule has 2 aromatic rings. The fraction of sp³-hybridized carbons (Fsp3) is 0.375. The van der Waals surface area contributed by atoms with Crippen molar-refractivity contribution in [1.29, 1.82) is 0 Å². The first kappa shape index (κ1) is 13.8. The molecular weight excluding hydrogens is 271 g/mol. The van der Waals surface area contributed by atoms with E-state index in [-0.39, 0.29) is 5.56 Å². The lowest BCUT2D eigenvalue weighted by Gasteiger charge is -2.09. The van der Waals surface area contributed by atoms with Gasteiger partial charge in [-0.25, -0.2) is 9.18 Å². The summed E-state index contributed by atoms with van der Waals surface area (Å²) in [4.78, 5) is 11.4. The van der Waals surface area contributed by atoms with Crippen LogP contribution in [0.1, 0.15) is 47.6 Å². The summed E-state index contributed by atoms with van der Waals surface area (Å²) in [6, 6.07) is 3.04. The van der Waals surface area contributed by atoms with E-state index in [4.69, 9.17) is 0 Å². The minimum atomic E-state index is -1.05. The van der Waals surface area contributed by atoms with Crippen LogP contribution in [0.25, 0.3) is 11.1 Å². The molecule has 0 radical (unpaired) electrons. The molecule has 4 nitrogen and oxygen atoms in total. The molecule has 0 amide bonds. The minimum Gasteiger partial charge on any atom is -0.478 e. The molecule has 0 saturated heterocycles. The number of benzene rings is 1. The van der Waals surface area contributed by atoms with Crippen molar-refractivity contribution in [2.75, 3.05) is 0 Å². The summed E-state index contributed by atoms with van der Waals surface area (Å²) < 4.78 is 15.7. The second kappa shape index (κ2) is 5.31. The number of aryl methyl sites for hydroxylation is 1. The van der Waals surface area contributed by atoms with Gasteiger partial charge in [-0.15, -0.1) is 0 Å². The molecule has 1 heterocycles. The van der Waals surface area contributed by atoms with Crippen LogP contribution in [-0.4, -0.2) is 20.9 Å². The average molecular weight is 288 g/mol. The summed E-state index contributed by atoms with van der Waals surface area (Å²) in [5.41, 5.74) is 1.48. The molecule has 1 saturated carbocycles. The van der Waals surface area contributed by atoms with Crippen molar-refractivity contribution in [3.63, 3.8) is 0 Å². The summed E-state index contributed by atoms with van der Waals surface area (Å²) in [5, 5.41) is 13.6. The normalized spacial score (nSPS) is 15.5. The quantitative estimate of drug-likeness (QED) is 0.934. The molecule has 21 heavy (non-hydrogen) atoms. The van der Waals surface area contributed by atoms with Crippen molar-refractivity contribution in [2.24, 2.45) is 0 Å². The summed E-state index contributed by atoms with van der Waals surface area (Å²) >= 11 is 0. The summed E-state index contributed by atoms with van der Waals surface area (Å²) in [5.74, 6) is -1.45. The fourth-order valence-corrected chi connectivity index (χ4v) is 2.94. The van der Waals surface area contributed by atoms with E-state index in [2.05, 4.69) is 5.10 Å². The molecule has 1 aromatic heterocycles. The Morgan fingerprint density at radius 1 is 1.38 bits per heavy atom. The van der Waals surface area contributed by atoms with Crippen LogP contribution in [0.5, 0.6) is 0 Å². The van der Waals surface area contributed by atoms with Gasteiger partial charge in [0, 0.05) is 17.3 Å². The number of carboxylic acids is 1. The highest BCUT2D eigenvalue weighted by Gasteiger charge is 2.20.